The summed E-state index contributed by atoms with van der Waals surface area (Å²) in [5.41, 5.74) is 3.91. The molecule has 216 valence electrons. The van der Waals surface area contributed by atoms with Crippen LogP contribution in [0.25, 0.3) is 0 Å². The molecular formula is C34H42N4O3. The Bertz CT molecular complexity index is 1260. The van der Waals surface area contributed by atoms with Crippen molar-refractivity contribution in [3.63, 3.8) is 0 Å². The number of carbonyl (C=O) groups excluding carboxylic acids is 2. The first kappa shape index (κ1) is 28.8. The van der Waals surface area contributed by atoms with E-state index in [-0.39, 0.29) is 24.4 Å². The zero-order valence-electron chi connectivity index (χ0n) is 23.9. The number of hydrogen-bond acceptors (Lipinski definition) is 5. The number of carbonyl (C=O) groups is 2. The molecular weight excluding hydrogens is 512 g/mol. The van der Waals surface area contributed by atoms with E-state index in [9.17, 15) is 9.59 Å². The summed E-state index contributed by atoms with van der Waals surface area (Å²) in [7, 11) is 0. The van der Waals surface area contributed by atoms with Gasteiger partial charge in [0.25, 0.3) is 5.91 Å². The zero-order chi connectivity index (χ0) is 28.3. The molecule has 0 spiro atoms. The summed E-state index contributed by atoms with van der Waals surface area (Å²) in [4.78, 5) is 31.1. The van der Waals surface area contributed by atoms with Gasteiger partial charge in [-0.25, -0.2) is 0 Å². The Labute approximate surface area is 243 Å². The third kappa shape index (κ3) is 8.65. The Morgan fingerprint density at radius 3 is 2.20 bits per heavy atom. The molecule has 3 aromatic carbocycles. The van der Waals surface area contributed by atoms with Crippen LogP contribution < -0.4 is 15.4 Å². The first-order valence-corrected chi connectivity index (χ1v) is 15.0. The van der Waals surface area contributed by atoms with Gasteiger partial charge in [0.2, 0.25) is 5.91 Å². The van der Waals surface area contributed by atoms with E-state index in [0.717, 1.165) is 68.6 Å². The number of nitrogens with one attached hydrogen (secondary N) is 2. The number of rotatable bonds is 6. The highest BCUT2D eigenvalue weighted by molar-refractivity contribution is 5.96. The second kappa shape index (κ2) is 14.8. The lowest BCUT2D eigenvalue weighted by Crippen LogP contribution is -2.44. The molecule has 2 aliphatic heterocycles. The average molecular weight is 555 g/mol. The Kier molecular flexibility index (Phi) is 10.4. The van der Waals surface area contributed by atoms with E-state index in [1.165, 1.54) is 5.56 Å². The highest BCUT2D eigenvalue weighted by atomic mass is 16.5. The van der Waals surface area contributed by atoms with Gasteiger partial charge in [-0.3, -0.25) is 19.4 Å². The van der Waals surface area contributed by atoms with Crippen LogP contribution in [0, 0.1) is 0 Å². The second-order valence-corrected chi connectivity index (χ2v) is 11.2. The molecule has 2 aliphatic rings. The summed E-state index contributed by atoms with van der Waals surface area (Å²) in [6.07, 6.45) is 4.65. The van der Waals surface area contributed by atoms with Gasteiger partial charge < -0.3 is 15.4 Å². The minimum Gasteiger partial charge on any atom is -0.493 e. The van der Waals surface area contributed by atoms with E-state index in [1.54, 1.807) is 0 Å². The van der Waals surface area contributed by atoms with Crippen LogP contribution in [0.2, 0.25) is 0 Å². The molecule has 0 aliphatic carbocycles. The number of hydrogen-bond donors (Lipinski definition) is 2. The van der Waals surface area contributed by atoms with Crippen LogP contribution >= 0.6 is 0 Å². The number of fused-ring (bicyclic) bond motifs is 1. The van der Waals surface area contributed by atoms with Gasteiger partial charge in [-0.05, 0) is 55.4 Å². The molecule has 7 nitrogen and oxygen atoms in total. The molecule has 0 bridgehead atoms. The van der Waals surface area contributed by atoms with Gasteiger partial charge in [0.15, 0.2) is 0 Å². The third-order valence-electron chi connectivity index (χ3n) is 7.95. The Balaban J connectivity index is 1.31. The largest absolute Gasteiger partial charge is 0.493 e. The lowest BCUT2D eigenvalue weighted by Gasteiger charge is -2.32. The van der Waals surface area contributed by atoms with Crippen molar-refractivity contribution in [3.05, 3.63) is 101 Å². The van der Waals surface area contributed by atoms with E-state index in [4.69, 9.17) is 4.74 Å². The lowest BCUT2D eigenvalue weighted by molar-refractivity contribution is -0.122. The van der Waals surface area contributed by atoms with E-state index in [0.29, 0.717) is 31.8 Å². The predicted octanol–water partition coefficient (Wildman–Crippen LogP) is 4.76. The van der Waals surface area contributed by atoms with Crippen molar-refractivity contribution in [3.8, 4) is 5.75 Å². The minimum atomic E-state index is -0.0691. The maximum Gasteiger partial charge on any atom is 0.251 e. The smallest absolute Gasteiger partial charge is 0.251 e. The highest BCUT2D eigenvalue weighted by Gasteiger charge is 2.25. The molecule has 0 unspecified atom stereocenters. The number of likely N-dealkylation sites (tertiary alicyclic amines) is 1. The normalized spacial score (nSPS) is 18.1. The van der Waals surface area contributed by atoms with Gasteiger partial charge in [-0.2, -0.15) is 0 Å². The standard InChI is InChI=1S/C34H42N4O3/c39-33-26-38(24-28-13-6-2-7-14-28)25-31-30(15-10-16-32(31)41-22-9-3-8-19-35-33)34(40)36-29-17-20-37(21-18-29)23-27-11-4-1-5-12-27/h1-2,4-7,10-16,29H,3,8-9,17-26H2,(H,35,39)(H,36,40). The molecule has 0 atom stereocenters. The summed E-state index contributed by atoms with van der Waals surface area (Å²) in [6, 6.07) is 26.6. The fraction of sp³-hybridized carbons (Fsp3) is 0.412. The van der Waals surface area contributed by atoms with Crippen LogP contribution in [0.15, 0.2) is 78.9 Å². The zero-order valence-corrected chi connectivity index (χ0v) is 23.9. The Hall–Kier alpha value is -3.68. The molecule has 1 fully saturated rings. The monoisotopic (exact) mass is 554 g/mol. The van der Waals surface area contributed by atoms with Crippen LogP contribution in [0.1, 0.15) is 59.2 Å². The molecule has 5 rings (SSSR count). The first-order valence-electron chi connectivity index (χ1n) is 15.0. The van der Waals surface area contributed by atoms with Gasteiger partial charge in [-0.1, -0.05) is 66.7 Å². The molecule has 0 radical (unpaired) electrons. The maximum atomic E-state index is 13.7. The van der Waals surface area contributed by atoms with Crippen molar-refractivity contribution in [1.29, 1.82) is 0 Å². The van der Waals surface area contributed by atoms with Crippen LogP contribution in [-0.2, 0) is 24.4 Å². The summed E-state index contributed by atoms with van der Waals surface area (Å²) in [6.45, 7) is 5.40. The Morgan fingerprint density at radius 2 is 1.49 bits per heavy atom. The second-order valence-electron chi connectivity index (χ2n) is 11.2. The minimum absolute atomic E-state index is 0.00633. The summed E-state index contributed by atoms with van der Waals surface area (Å²) < 4.78 is 6.26. The topological polar surface area (TPSA) is 73.9 Å². The molecule has 7 heteroatoms. The summed E-state index contributed by atoms with van der Waals surface area (Å²) >= 11 is 0. The fourth-order valence-corrected chi connectivity index (χ4v) is 5.72. The maximum absolute atomic E-state index is 13.7. The van der Waals surface area contributed by atoms with E-state index >= 15 is 0 Å². The molecule has 2 amide bonds. The number of benzene rings is 3. The number of ether oxygens (including phenoxy) is 1. The van der Waals surface area contributed by atoms with Crippen molar-refractivity contribution < 1.29 is 14.3 Å². The van der Waals surface area contributed by atoms with Crippen LogP contribution in [0.5, 0.6) is 5.75 Å². The van der Waals surface area contributed by atoms with E-state index < -0.39 is 0 Å². The van der Waals surface area contributed by atoms with Crippen LogP contribution in [0.3, 0.4) is 0 Å². The molecule has 0 aromatic heterocycles. The van der Waals surface area contributed by atoms with Gasteiger partial charge in [0.05, 0.1) is 13.2 Å². The molecule has 2 heterocycles. The molecule has 0 saturated carbocycles. The van der Waals surface area contributed by atoms with Crippen LogP contribution in [0.4, 0.5) is 0 Å². The Morgan fingerprint density at radius 1 is 0.805 bits per heavy atom. The van der Waals surface area contributed by atoms with Crippen LogP contribution in [-0.4, -0.2) is 60.4 Å². The predicted molar refractivity (Wildman–Crippen MR) is 162 cm³/mol. The van der Waals surface area contributed by atoms with Gasteiger partial charge in [-0.15, -0.1) is 0 Å². The van der Waals surface area contributed by atoms with Crippen molar-refractivity contribution >= 4 is 11.8 Å². The fourth-order valence-electron chi connectivity index (χ4n) is 5.72. The summed E-state index contributed by atoms with van der Waals surface area (Å²) in [5, 5.41) is 6.39. The summed E-state index contributed by atoms with van der Waals surface area (Å²) in [5.74, 6) is 0.667. The van der Waals surface area contributed by atoms with Crippen molar-refractivity contribution in [1.82, 2.24) is 20.4 Å². The van der Waals surface area contributed by atoms with Gasteiger partial charge in [0.1, 0.15) is 5.75 Å². The number of nitrogens with zero attached hydrogens (tertiary/aromatic N) is 2. The van der Waals surface area contributed by atoms with E-state index in [1.807, 2.05) is 42.5 Å². The van der Waals surface area contributed by atoms with E-state index in [2.05, 4.69) is 56.8 Å². The number of piperidine rings is 1. The third-order valence-corrected chi connectivity index (χ3v) is 7.95. The molecule has 41 heavy (non-hydrogen) atoms. The van der Waals surface area contributed by atoms with Crippen molar-refractivity contribution in [2.45, 2.75) is 57.8 Å². The molecule has 2 N–H and O–H groups in total. The number of amides is 2. The molecule has 1 saturated heterocycles. The quantitative estimate of drug-likeness (QED) is 0.460. The lowest BCUT2D eigenvalue weighted by atomic mass is 10.0. The van der Waals surface area contributed by atoms with Crippen molar-refractivity contribution in [2.24, 2.45) is 0 Å². The average Bonchev–Trinajstić information content (AvgIpc) is 3.00. The highest BCUT2D eigenvalue weighted by Crippen LogP contribution is 2.27. The SMILES string of the molecule is O=C1CN(Cc2ccccc2)Cc2c(cccc2C(=O)NC2CCN(Cc3ccccc3)CC2)OCCCCCN1. The molecule has 3 aromatic rings. The van der Waals surface area contributed by atoms with Gasteiger partial charge in [0, 0.05) is 56.4 Å². The van der Waals surface area contributed by atoms with Gasteiger partial charge >= 0.3 is 0 Å². The van der Waals surface area contributed by atoms with Crippen molar-refractivity contribution in [2.75, 3.05) is 32.8 Å². The first-order chi connectivity index (χ1) is 20.1.